The lowest BCUT2D eigenvalue weighted by Gasteiger charge is -2.32. The summed E-state index contributed by atoms with van der Waals surface area (Å²) in [7, 11) is 0. The number of Topliss-reactive ketones (excluding diaryl/α,β-unsaturated/α-hetero) is 1. The lowest BCUT2D eigenvalue weighted by molar-refractivity contribution is -0.144. The molecule has 0 N–H and O–H groups in total. The maximum absolute atomic E-state index is 11.7. The largest absolute Gasteiger partial charge is 0.466 e. The van der Waals surface area contributed by atoms with Gasteiger partial charge in [0.15, 0.2) is 0 Å². The Bertz CT molecular complexity index is 270. The highest BCUT2D eigenvalue weighted by Crippen LogP contribution is 2.15. The number of esters is 1. The van der Waals surface area contributed by atoms with Crippen molar-refractivity contribution in [1.29, 1.82) is 0 Å². The van der Waals surface area contributed by atoms with E-state index >= 15 is 0 Å². The van der Waals surface area contributed by atoms with Crippen molar-refractivity contribution in [3.05, 3.63) is 0 Å². The minimum Gasteiger partial charge on any atom is -0.466 e. The van der Waals surface area contributed by atoms with Crippen LogP contribution in [0.15, 0.2) is 0 Å². The van der Waals surface area contributed by atoms with Crippen molar-refractivity contribution in [1.82, 2.24) is 4.90 Å². The van der Waals surface area contributed by atoms with Gasteiger partial charge in [0, 0.05) is 30.5 Å². The molecule has 0 saturated carbocycles. The van der Waals surface area contributed by atoms with E-state index in [9.17, 15) is 9.59 Å². The molecule has 4 nitrogen and oxygen atoms in total. The van der Waals surface area contributed by atoms with Crippen molar-refractivity contribution in [3.8, 4) is 0 Å². The van der Waals surface area contributed by atoms with Gasteiger partial charge in [0.2, 0.25) is 0 Å². The highest BCUT2D eigenvalue weighted by atomic mass is 32.2. The van der Waals surface area contributed by atoms with Crippen LogP contribution in [0.5, 0.6) is 0 Å². The molecule has 17 heavy (non-hydrogen) atoms. The van der Waals surface area contributed by atoms with E-state index in [-0.39, 0.29) is 18.2 Å². The van der Waals surface area contributed by atoms with E-state index in [1.54, 1.807) is 6.92 Å². The summed E-state index contributed by atoms with van der Waals surface area (Å²) in [5.74, 6) is 2.04. The molecule has 0 aromatic carbocycles. The third-order valence-electron chi connectivity index (χ3n) is 2.80. The van der Waals surface area contributed by atoms with Crippen LogP contribution in [-0.2, 0) is 14.3 Å². The highest BCUT2D eigenvalue weighted by molar-refractivity contribution is 7.99. The zero-order valence-corrected chi connectivity index (χ0v) is 11.4. The predicted octanol–water partition coefficient (Wildman–Crippen LogP) is 1.34. The van der Waals surface area contributed by atoms with Crippen LogP contribution >= 0.6 is 11.8 Å². The molecule has 98 valence electrons. The second-order valence-electron chi connectivity index (χ2n) is 4.24. The molecule has 0 aromatic heterocycles. The smallest absolute Gasteiger partial charge is 0.306 e. The van der Waals surface area contributed by atoms with Gasteiger partial charge in [0.25, 0.3) is 0 Å². The topological polar surface area (TPSA) is 46.6 Å². The summed E-state index contributed by atoms with van der Waals surface area (Å²) in [6.45, 7) is 5.74. The summed E-state index contributed by atoms with van der Waals surface area (Å²) < 4.78 is 4.80. The van der Waals surface area contributed by atoms with Gasteiger partial charge in [0.1, 0.15) is 5.78 Å². The summed E-state index contributed by atoms with van der Waals surface area (Å²) >= 11 is 1.93. The molecule has 1 aliphatic rings. The van der Waals surface area contributed by atoms with Gasteiger partial charge in [-0.05, 0) is 13.8 Å². The molecule has 0 spiro atoms. The Labute approximate surface area is 107 Å². The fourth-order valence-electron chi connectivity index (χ4n) is 1.78. The normalized spacial score (nSPS) is 21.2. The Morgan fingerprint density at radius 2 is 2.18 bits per heavy atom. The zero-order chi connectivity index (χ0) is 12.7. The molecule has 0 aliphatic carbocycles. The minimum absolute atomic E-state index is 0.136. The van der Waals surface area contributed by atoms with Gasteiger partial charge >= 0.3 is 5.97 Å². The fraction of sp³-hybridized carbons (Fsp3) is 0.833. The molecule has 1 rings (SSSR count). The van der Waals surface area contributed by atoms with E-state index in [0.29, 0.717) is 25.6 Å². The third-order valence-corrected chi connectivity index (χ3v) is 3.99. The Hall–Kier alpha value is -0.550. The van der Waals surface area contributed by atoms with Crippen molar-refractivity contribution < 1.29 is 14.3 Å². The molecule has 1 heterocycles. The fourth-order valence-corrected chi connectivity index (χ4v) is 2.86. The first-order valence-corrected chi connectivity index (χ1v) is 7.28. The molecule has 0 bridgehead atoms. The third kappa shape index (κ3) is 5.55. The van der Waals surface area contributed by atoms with Crippen molar-refractivity contribution in [3.63, 3.8) is 0 Å². The molecule has 1 aliphatic heterocycles. The highest BCUT2D eigenvalue weighted by Gasteiger charge is 2.20. The molecule has 5 heteroatoms. The van der Waals surface area contributed by atoms with E-state index in [4.69, 9.17) is 4.74 Å². The van der Waals surface area contributed by atoms with Crippen LogP contribution < -0.4 is 0 Å². The van der Waals surface area contributed by atoms with E-state index in [0.717, 1.165) is 18.1 Å². The summed E-state index contributed by atoms with van der Waals surface area (Å²) in [5, 5.41) is 0. The van der Waals surface area contributed by atoms with Crippen molar-refractivity contribution in [2.45, 2.75) is 32.7 Å². The van der Waals surface area contributed by atoms with Gasteiger partial charge in [-0.25, -0.2) is 0 Å². The molecule has 0 radical (unpaired) electrons. The first kappa shape index (κ1) is 14.5. The van der Waals surface area contributed by atoms with E-state index < -0.39 is 0 Å². The summed E-state index contributed by atoms with van der Waals surface area (Å²) in [5.41, 5.74) is 0. The number of rotatable bonds is 6. The number of carbonyl (C=O) groups excluding carboxylic acids is 2. The first-order valence-electron chi connectivity index (χ1n) is 6.12. The number of hydrogen-bond donors (Lipinski definition) is 0. The van der Waals surface area contributed by atoms with Crippen LogP contribution in [0.25, 0.3) is 0 Å². The Balaban J connectivity index is 2.22. The van der Waals surface area contributed by atoms with Crippen LogP contribution in [0.3, 0.4) is 0 Å². The predicted molar refractivity (Wildman–Crippen MR) is 69.2 cm³/mol. The average molecular weight is 259 g/mol. The number of ether oxygens (including phenoxy) is 1. The molecule has 1 saturated heterocycles. The lowest BCUT2D eigenvalue weighted by atomic mass is 10.2. The maximum atomic E-state index is 11.7. The zero-order valence-electron chi connectivity index (χ0n) is 10.6. The van der Waals surface area contributed by atoms with E-state index in [2.05, 4.69) is 11.8 Å². The summed E-state index contributed by atoms with van der Waals surface area (Å²) in [6.07, 6.45) is 0.513. The van der Waals surface area contributed by atoms with Gasteiger partial charge in [0.05, 0.1) is 19.6 Å². The summed E-state index contributed by atoms with van der Waals surface area (Å²) in [6, 6.07) is 0.459. The Kier molecular flexibility index (Phi) is 6.58. The molecule has 1 unspecified atom stereocenters. The first-order chi connectivity index (χ1) is 8.13. The monoisotopic (exact) mass is 259 g/mol. The van der Waals surface area contributed by atoms with Gasteiger partial charge in [-0.1, -0.05) is 0 Å². The van der Waals surface area contributed by atoms with Crippen molar-refractivity contribution >= 4 is 23.5 Å². The lowest BCUT2D eigenvalue weighted by Crippen LogP contribution is -2.43. The number of carbonyl (C=O) groups is 2. The number of hydrogen-bond acceptors (Lipinski definition) is 5. The van der Waals surface area contributed by atoms with E-state index in [1.165, 1.54) is 0 Å². The van der Waals surface area contributed by atoms with Crippen LogP contribution in [0.2, 0.25) is 0 Å². The van der Waals surface area contributed by atoms with Crippen LogP contribution in [0, 0.1) is 0 Å². The van der Waals surface area contributed by atoms with Crippen LogP contribution in [0.1, 0.15) is 26.7 Å². The molecular weight excluding hydrogens is 238 g/mol. The average Bonchev–Trinajstić information content (AvgIpc) is 2.30. The van der Waals surface area contributed by atoms with Gasteiger partial charge in [-0.15, -0.1) is 0 Å². The van der Waals surface area contributed by atoms with Crippen LogP contribution in [-0.4, -0.2) is 53.9 Å². The summed E-state index contributed by atoms with van der Waals surface area (Å²) in [4.78, 5) is 25.0. The SMILES string of the molecule is CCOC(=O)CCC(=O)CN1CCSCC1C. The Morgan fingerprint density at radius 1 is 1.41 bits per heavy atom. The van der Waals surface area contributed by atoms with Crippen molar-refractivity contribution in [2.24, 2.45) is 0 Å². The van der Waals surface area contributed by atoms with Crippen molar-refractivity contribution in [2.75, 3.05) is 31.2 Å². The van der Waals surface area contributed by atoms with Gasteiger partial charge < -0.3 is 4.74 Å². The number of ketones is 1. The van der Waals surface area contributed by atoms with E-state index in [1.807, 2.05) is 11.8 Å². The van der Waals surface area contributed by atoms with Gasteiger partial charge in [-0.3, -0.25) is 14.5 Å². The molecule has 0 amide bonds. The second kappa shape index (κ2) is 7.71. The molecule has 0 aromatic rings. The molecular formula is C12H21NO3S. The standard InChI is InChI=1S/C12H21NO3S/c1-3-16-12(15)5-4-11(14)8-13-6-7-17-9-10(13)2/h10H,3-9H2,1-2H3. The quantitative estimate of drug-likeness (QED) is 0.674. The minimum atomic E-state index is -0.275. The Morgan fingerprint density at radius 3 is 2.82 bits per heavy atom. The number of nitrogens with zero attached hydrogens (tertiary/aromatic N) is 1. The number of thioether (sulfide) groups is 1. The molecule has 1 atom stereocenters. The molecule has 1 fully saturated rings. The van der Waals surface area contributed by atoms with Crippen LogP contribution in [0.4, 0.5) is 0 Å². The second-order valence-corrected chi connectivity index (χ2v) is 5.39. The van der Waals surface area contributed by atoms with Gasteiger partial charge in [-0.2, -0.15) is 11.8 Å². The maximum Gasteiger partial charge on any atom is 0.306 e.